The highest BCUT2D eigenvalue weighted by molar-refractivity contribution is 5.90. The van der Waals surface area contributed by atoms with Gasteiger partial charge < -0.3 is 5.32 Å². The van der Waals surface area contributed by atoms with Crippen LogP contribution in [0.15, 0.2) is 30.6 Å². The lowest BCUT2D eigenvalue weighted by molar-refractivity contribution is -0.116. The molecule has 0 saturated heterocycles. The van der Waals surface area contributed by atoms with Crippen LogP contribution in [-0.2, 0) is 11.2 Å². The summed E-state index contributed by atoms with van der Waals surface area (Å²) < 4.78 is 0. The molecule has 2 aromatic rings. The number of anilines is 1. The molecule has 5 nitrogen and oxygen atoms in total. The van der Waals surface area contributed by atoms with Crippen molar-refractivity contribution in [2.75, 3.05) is 5.32 Å². The van der Waals surface area contributed by atoms with E-state index < -0.39 is 0 Å². The molecule has 0 radical (unpaired) electrons. The maximum absolute atomic E-state index is 11.6. The molecule has 0 aromatic carbocycles. The molecule has 0 saturated carbocycles. The number of nitrogens with zero attached hydrogens (tertiary/aromatic N) is 2. The van der Waals surface area contributed by atoms with E-state index in [1.54, 1.807) is 12.4 Å². The summed E-state index contributed by atoms with van der Waals surface area (Å²) in [5, 5.41) is 9.35. The lowest BCUT2D eigenvalue weighted by atomic mass is 10.2. The minimum atomic E-state index is -0.0389. The predicted molar refractivity (Wildman–Crippen MR) is 64.5 cm³/mol. The van der Waals surface area contributed by atoms with Gasteiger partial charge in [-0.25, -0.2) is 0 Å². The summed E-state index contributed by atoms with van der Waals surface area (Å²) in [5.74, 6) is 0.624. The Balaban J connectivity index is 1.85. The standard InChI is InChI=1S/C12H14N4O/c1-9-8-14-16-12(9)15-11(17)6-5-10-4-2-3-7-13-10/h2-4,7-8H,5-6H2,1H3,(H2,14,15,16,17). The first-order valence-electron chi connectivity index (χ1n) is 5.45. The number of hydrogen-bond donors (Lipinski definition) is 2. The molecule has 0 bridgehead atoms. The molecule has 2 aromatic heterocycles. The van der Waals surface area contributed by atoms with Gasteiger partial charge in [0.2, 0.25) is 5.91 Å². The summed E-state index contributed by atoms with van der Waals surface area (Å²) in [5.41, 5.74) is 1.85. The maximum atomic E-state index is 11.6. The highest BCUT2D eigenvalue weighted by Gasteiger charge is 2.06. The molecule has 5 heteroatoms. The van der Waals surface area contributed by atoms with Crippen LogP contribution < -0.4 is 5.32 Å². The lowest BCUT2D eigenvalue weighted by Gasteiger charge is -2.03. The van der Waals surface area contributed by atoms with E-state index in [1.807, 2.05) is 25.1 Å². The summed E-state index contributed by atoms with van der Waals surface area (Å²) >= 11 is 0. The molecule has 0 spiro atoms. The molecule has 88 valence electrons. The van der Waals surface area contributed by atoms with Gasteiger partial charge in [0.25, 0.3) is 0 Å². The topological polar surface area (TPSA) is 70.7 Å². The molecule has 17 heavy (non-hydrogen) atoms. The van der Waals surface area contributed by atoms with E-state index in [2.05, 4.69) is 20.5 Å². The van der Waals surface area contributed by atoms with Crippen LogP contribution in [0.4, 0.5) is 5.82 Å². The highest BCUT2D eigenvalue weighted by atomic mass is 16.1. The Labute approximate surface area is 99.3 Å². The molecule has 2 N–H and O–H groups in total. The van der Waals surface area contributed by atoms with Gasteiger partial charge in [0, 0.05) is 23.9 Å². The molecule has 0 unspecified atom stereocenters. The minimum absolute atomic E-state index is 0.0389. The second-order valence-corrected chi connectivity index (χ2v) is 3.80. The molecule has 2 rings (SSSR count). The third kappa shape index (κ3) is 3.14. The Bertz CT molecular complexity index is 492. The fourth-order valence-electron chi connectivity index (χ4n) is 1.46. The fraction of sp³-hybridized carbons (Fsp3) is 0.250. The third-order valence-electron chi connectivity index (χ3n) is 2.43. The van der Waals surface area contributed by atoms with E-state index in [0.717, 1.165) is 11.3 Å². The Morgan fingerprint density at radius 3 is 3.00 bits per heavy atom. The number of amides is 1. The van der Waals surface area contributed by atoms with Crippen molar-refractivity contribution < 1.29 is 4.79 Å². The van der Waals surface area contributed by atoms with Gasteiger partial charge in [-0.05, 0) is 25.5 Å². The number of aromatic amines is 1. The lowest BCUT2D eigenvalue weighted by Crippen LogP contribution is -2.13. The van der Waals surface area contributed by atoms with E-state index >= 15 is 0 Å². The van der Waals surface area contributed by atoms with Crippen molar-refractivity contribution in [3.8, 4) is 0 Å². The van der Waals surface area contributed by atoms with Gasteiger partial charge in [-0.3, -0.25) is 14.9 Å². The van der Waals surface area contributed by atoms with Crippen molar-refractivity contribution in [3.63, 3.8) is 0 Å². The van der Waals surface area contributed by atoms with E-state index in [1.165, 1.54) is 0 Å². The summed E-state index contributed by atoms with van der Waals surface area (Å²) in [6, 6.07) is 5.69. The maximum Gasteiger partial charge on any atom is 0.225 e. The molecular weight excluding hydrogens is 216 g/mol. The number of carbonyl (C=O) groups excluding carboxylic acids is 1. The van der Waals surface area contributed by atoms with Crippen molar-refractivity contribution in [2.24, 2.45) is 0 Å². The number of pyridine rings is 1. The number of nitrogens with one attached hydrogen (secondary N) is 2. The number of aromatic nitrogens is 3. The van der Waals surface area contributed by atoms with Crippen LogP contribution in [-0.4, -0.2) is 21.1 Å². The highest BCUT2D eigenvalue weighted by Crippen LogP contribution is 2.09. The molecule has 0 fully saturated rings. The molecule has 0 aliphatic carbocycles. The van der Waals surface area contributed by atoms with Crippen LogP contribution in [0.25, 0.3) is 0 Å². The van der Waals surface area contributed by atoms with Gasteiger partial charge in [-0.1, -0.05) is 6.07 Å². The van der Waals surface area contributed by atoms with E-state index in [0.29, 0.717) is 18.7 Å². The van der Waals surface area contributed by atoms with Crippen LogP contribution >= 0.6 is 0 Å². The average Bonchev–Trinajstić information content (AvgIpc) is 2.74. The van der Waals surface area contributed by atoms with E-state index in [-0.39, 0.29) is 5.91 Å². The summed E-state index contributed by atoms with van der Waals surface area (Å²) in [4.78, 5) is 15.8. The number of rotatable bonds is 4. The zero-order valence-corrected chi connectivity index (χ0v) is 9.60. The average molecular weight is 230 g/mol. The van der Waals surface area contributed by atoms with Crippen LogP contribution in [0.1, 0.15) is 17.7 Å². The molecular formula is C12H14N4O. The van der Waals surface area contributed by atoms with Crippen LogP contribution in [0.2, 0.25) is 0 Å². The fourth-order valence-corrected chi connectivity index (χ4v) is 1.46. The van der Waals surface area contributed by atoms with Gasteiger partial charge >= 0.3 is 0 Å². The largest absolute Gasteiger partial charge is 0.311 e. The number of H-pyrrole nitrogens is 1. The Kier molecular flexibility index (Phi) is 3.49. The van der Waals surface area contributed by atoms with Crippen LogP contribution in [0, 0.1) is 6.92 Å². The minimum Gasteiger partial charge on any atom is -0.311 e. The monoisotopic (exact) mass is 230 g/mol. The molecule has 1 amide bonds. The van der Waals surface area contributed by atoms with Crippen molar-refractivity contribution >= 4 is 11.7 Å². The van der Waals surface area contributed by atoms with Gasteiger partial charge in [0.15, 0.2) is 0 Å². The van der Waals surface area contributed by atoms with Crippen LogP contribution in [0.3, 0.4) is 0 Å². The predicted octanol–water partition coefficient (Wildman–Crippen LogP) is 1.68. The summed E-state index contributed by atoms with van der Waals surface area (Å²) in [6.07, 6.45) is 4.45. The summed E-state index contributed by atoms with van der Waals surface area (Å²) in [6.45, 7) is 1.89. The van der Waals surface area contributed by atoms with Crippen molar-refractivity contribution in [2.45, 2.75) is 19.8 Å². The molecule has 0 aliphatic heterocycles. The number of carbonyl (C=O) groups is 1. The smallest absolute Gasteiger partial charge is 0.225 e. The van der Waals surface area contributed by atoms with E-state index in [9.17, 15) is 4.79 Å². The first-order valence-corrected chi connectivity index (χ1v) is 5.45. The van der Waals surface area contributed by atoms with Crippen molar-refractivity contribution in [3.05, 3.63) is 41.9 Å². The van der Waals surface area contributed by atoms with Gasteiger partial charge in [-0.15, -0.1) is 0 Å². The van der Waals surface area contributed by atoms with Gasteiger partial charge in [0.05, 0.1) is 6.20 Å². The SMILES string of the molecule is Cc1cn[nH]c1NC(=O)CCc1ccccn1. The number of hydrogen-bond acceptors (Lipinski definition) is 3. The second kappa shape index (κ2) is 5.25. The first-order chi connectivity index (χ1) is 8.25. The number of aryl methyl sites for hydroxylation is 2. The van der Waals surface area contributed by atoms with Crippen molar-refractivity contribution in [1.29, 1.82) is 0 Å². The molecule has 0 atom stereocenters. The molecule has 2 heterocycles. The first kappa shape index (κ1) is 11.3. The Hall–Kier alpha value is -2.17. The Morgan fingerprint density at radius 1 is 1.47 bits per heavy atom. The van der Waals surface area contributed by atoms with Crippen LogP contribution in [0.5, 0.6) is 0 Å². The zero-order chi connectivity index (χ0) is 12.1. The van der Waals surface area contributed by atoms with Gasteiger partial charge in [-0.2, -0.15) is 5.10 Å². The zero-order valence-electron chi connectivity index (χ0n) is 9.60. The van der Waals surface area contributed by atoms with Gasteiger partial charge in [0.1, 0.15) is 5.82 Å². The Morgan fingerprint density at radius 2 is 2.35 bits per heavy atom. The quantitative estimate of drug-likeness (QED) is 0.839. The summed E-state index contributed by atoms with van der Waals surface area (Å²) in [7, 11) is 0. The van der Waals surface area contributed by atoms with E-state index in [4.69, 9.17) is 0 Å². The second-order valence-electron chi connectivity index (χ2n) is 3.80. The van der Waals surface area contributed by atoms with Crippen molar-refractivity contribution in [1.82, 2.24) is 15.2 Å². The normalized spacial score (nSPS) is 10.2. The third-order valence-corrected chi connectivity index (χ3v) is 2.43. The molecule has 0 aliphatic rings.